The molecule has 126 valence electrons. The Morgan fingerprint density at radius 1 is 1.38 bits per heavy atom. The Morgan fingerprint density at radius 3 is 2.58 bits per heavy atom. The normalized spacial score (nSPS) is 20.3. The van der Waals surface area contributed by atoms with Crippen LogP contribution in [0.25, 0.3) is 5.57 Å². The summed E-state index contributed by atoms with van der Waals surface area (Å²) in [7, 11) is 1.09. The second-order valence-corrected chi connectivity index (χ2v) is 4.57. The summed E-state index contributed by atoms with van der Waals surface area (Å²) in [6, 6.07) is 6.77. The standard InChI is InChI=1S/C14H10F3N3O4/c1-23-13(8-18)12(20(21)22)6-9(7-19-13)10-4-2-3-5-11(10)24-14(15,16)17/h2-7,19H,1H3. The van der Waals surface area contributed by atoms with E-state index in [0.717, 1.165) is 25.5 Å². The molecule has 1 atom stereocenters. The van der Waals surface area contributed by atoms with E-state index in [4.69, 9.17) is 10.00 Å². The number of nitrogens with one attached hydrogen (secondary N) is 1. The molecule has 0 radical (unpaired) electrons. The van der Waals surface area contributed by atoms with Gasteiger partial charge in [0, 0.05) is 30.5 Å². The molecule has 1 heterocycles. The van der Waals surface area contributed by atoms with Gasteiger partial charge in [-0.25, -0.2) is 0 Å². The Kier molecular flexibility index (Phi) is 4.48. The minimum absolute atomic E-state index is 0.0319. The van der Waals surface area contributed by atoms with Crippen molar-refractivity contribution in [2.75, 3.05) is 7.11 Å². The molecule has 1 unspecified atom stereocenters. The van der Waals surface area contributed by atoms with E-state index in [1.54, 1.807) is 6.07 Å². The fourth-order valence-corrected chi connectivity index (χ4v) is 2.10. The van der Waals surface area contributed by atoms with Crippen LogP contribution in [0.15, 0.2) is 42.2 Å². The molecule has 24 heavy (non-hydrogen) atoms. The van der Waals surface area contributed by atoms with Crippen LogP contribution in [0.4, 0.5) is 13.2 Å². The minimum atomic E-state index is -4.92. The van der Waals surface area contributed by atoms with Gasteiger partial charge < -0.3 is 14.8 Å². The number of dihydropyridines is 1. The highest BCUT2D eigenvalue weighted by atomic mass is 19.4. The van der Waals surface area contributed by atoms with Gasteiger partial charge in [-0.2, -0.15) is 5.26 Å². The van der Waals surface area contributed by atoms with E-state index in [1.165, 1.54) is 18.2 Å². The van der Waals surface area contributed by atoms with E-state index in [9.17, 15) is 23.3 Å². The summed E-state index contributed by atoms with van der Waals surface area (Å²) in [4.78, 5) is 10.4. The summed E-state index contributed by atoms with van der Waals surface area (Å²) in [5.41, 5.74) is -2.70. The molecule has 0 saturated carbocycles. The quantitative estimate of drug-likeness (QED) is 0.668. The lowest BCUT2D eigenvalue weighted by atomic mass is 9.98. The number of rotatable bonds is 4. The highest BCUT2D eigenvalue weighted by Crippen LogP contribution is 2.35. The summed E-state index contributed by atoms with van der Waals surface area (Å²) in [5, 5.41) is 22.8. The Balaban J connectivity index is 2.51. The van der Waals surface area contributed by atoms with E-state index in [1.807, 2.05) is 0 Å². The molecule has 0 bridgehead atoms. The van der Waals surface area contributed by atoms with Crippen LogP contribution in [-0.4, -0.2) is 24.1 Å². The number of halogens is 3. The first-order valence-electron chi connectivity index (χ1n) is 6.38. The van der Waals surface area contributed by atoms with Crippen LogP contribution in [-0.2, 0) is 4.74 Å². The minimum Gasteiger partial charge on any atom is -0.405 e. The first-order chi connectivity index (χ1) is 11.2. The van der Waals surface area contributed by atoms with Crippen molar-refractivity contribution >= 4 is 5.57 Å². The molecule has 0 amide bonds. The van der Waals surface area contributed by atoms with Gasteiger partial charge in [-0.3, -0.25) is 10.1 Å². The van der Waals surface area contributed by atoms with Gasteiger partial charge in [0.05, 0.1) is 4.92 Å². The van der Waals surface area contributed by atoms with Gasteiger partial charge in [0.15, 0.2) is 0 Å². The molecule has 0 fully saturated rings. The van der Waals surface area contributed by atoms with E-state index >= 15 is 0 Å². The smallest absolute Gasteiger partial charge is 0.405 e. The largest absolute Gasteiger partial charge is 0.573 e. The maximum absolute atomic E-state index is 12.5. The van der Waals surface area contributed by atoms with Crippen molar-refractivity contribution < 1.29 is 27.6 Å². The highest BCUT2D eigenvalue weighted by molar-refractivity contribution is 5.79. The van der Waals surface area contributed by atoms with Gasteiger partial charge in [0.25, 0.3) is 0 Å². The average Bonchev–Trinajstić information content (AvgIpc) is 2.53. The number of alkyl halides is 3. The third-order valence-electron chi connectivity index (χ3n) is 3.17. The number of allylic oxidation sites excluding steroid dienone is 2. The zero-order valence-electron chi connectivity index (χ0n) is 12.1. The topological polar surface area (TPSA) is 97.4 Å². The second kappa shape index (κ2) is 6.21. The number of ether oxygens (including phenoxy) is 2. The van der Waals surface area contributed by atoms with Crippen molar-refractivity contribution in [3.8, 4) is 11.8 Å². The molecule has 1 aliphatic heterocycles. The van der Waals surface area contributed by atoms with E-state index in [-0.39, 0.29) is 11.1 Å². The predicted octanol–water partition coefficient (Wildman–Crippen LogP) is 2.56. The van der Waals surface area contributed by atoms with Crippen molar-refractivity contribution in [2.24, 2.45) is 0 Å². The van der Waals surface area contributed by atoms with Gasteiger partial charge in [-0.05, 0) is 6.07 Å². The second-order valence-electron chi connectivity index (χ2n) is 4.57. The van der Waals surface area contributed by atoms with Crippen LogP contribution in [0.5, 0.6) is 5.75 Å². The van der Waals surface area contributed by atoms with Crippen molar-refractivity contribution in [1.82, 2.24) is 5.32 Å². The van der Waals surface area contributed by atoms with Gasteiger partial charge in [-0.15, -0.1) is 13.2 Å². The number of nitro groups is 1. The molecule has 7 nitrogen and oxygen atoms in total. The third kappa shape index (κ3) is 3.31. The monoisotopic (exact) mass is 341 g/mol. The number of benzene rings is 1. The molecule has 1 aromatic rings. The summed E-state index contributed by atoms with van der Waals surface area (Å²) in [6.07, 6.45) is -2.81. The Bertz CT molecular complexity index is 767. The summed E-state index contributed by atoms with van der Waals surface area (Å²) < 4.78 is 46.2. The average molecular weight is 341 g/mol. The first kappa shape index (κ1) is 17.3. The first-order valence-corrected chi connectivity index (χ1v) is 6.38. The number of nitriles is 1. The zero-order chi connectivity index (χ0) is 18.0. The number of para-hydroxylation sites is 1. The van der Waals surface area contributed by atoms with Crippen LogP contribution in [0.3, 0.4) is 0 Å². The lowest BCUT2D eigenvalue weighted by Gasteiger charge is -2.26. The fourth-order valence-electron chi connectivity index (χ4n) is 2.10. The zero-order valence-corrected chi connectivity index (χ0v) is 12.1. The molecular formula is C14H10F3N3O4. The maximum atomic E-state index is 12.5. The van der Waals surface area contributed by atoms with Gasteiger partial charge in [0.2, 0.25) is 0 Å². The number of hydrogen-bond acceptors (Lipinski definition) is 6. The molecule has 0 aliphatic carbocycles. The SMILES string of the molecule is COC1(C#N)NC=C(c2ccccc2OC(F)(F)F)C=C1[N+](=O)[O-]. The van der Waals surface area contributed by atoms with Crippen LogP contribution in [0.1, 0.15) is 5.56 Å². The number of nitrogens with zero attached hydrogens (tertiary/aromatic N) is 2. The highest BCUT2D eigenvalue weighted by Gasteiger charge is 2.46. The van der Waals surface area contributed by atoms with Crippen molar-refractivity contribution in [3.63, 3.8) is 0 Å². The number of methoxy groups -OCH3 is 1. The lowest BCUT2D eigenvalue weighted by Crippen LogP contribution is -2.48. The fraction of sp³-hybridized carbons (Fsp3) is 0.214. The Labute approximate surface area is 133 Å². The van der Waals surface area contributed by atoms with Gasteiger partial charge in [0.1, 0.15) is 11.8 Å². The number of hydrogen-bond donors (Lipinski definition) is 1. The van der Waals surface area contributed by atoms with E-state index in [2.05, 4.69) is 10.1 Å². The Morgan fingerprint density at radius 2 is 2.04 bits per heavy atom. The lowest BCUT2D eigenvalue weighted by molar-refractivity contribution is -0.443. The van der Waals surface area contributed by atoms with E-state index < -0.39 is 28.5 Å². The van der Waals surface area contributed by atoms with Crippen molar-refractivity contribution in [2.45, 2.75) is 12.1 Å². The molecule has 0 saturated heterocycles. The third-order valence-corrected chi connectivity index (χ3v) is 3.17. The summed E-state index contributed by atoms with van der Waals surface area (Å²) in [6.45, 7) is 0. The van der Waals surface area contributed by atoms with Gasteiger partial charge in [-0.1, -0.05) is 18.2 Å². The van der Waals surface area contributed by atoms with Gasteiger partial charge >= 0.3 is 17.8 Å². The maximum Gasteiger partial charge on any atom is 0.573 e. The molecule has 0 spiro atoms. The molecule has 1 N–H and O–H groups in total. The van der Waals surface area contributed by atoms with Crippen LogP contribution >= 0.6 is 0 Å². The van der Waals surface area contributed by atoms with Crippen LogP contribution < -0.4 is 10.1 Å². The van der Waals surface area contributed by atoms with Crippen molar-refractivity contribution in [1.29, 1.82) is 5.26 Å². The molecule has 2 rings (SSSR count). The molecule has 1 aromatic carbocycles. The molecule has 0 aromatic heterocycles. The molecule has 10 heteroatoms. The summed E-state index contributed by atoms with van der Waals surface area (Å²) >= 11 is 0. The predicted molar refractivity (Wildman–Crippen MR) is 74.7 cm³/mol. The Hall–Kier alpha value is -3.06. The van der Waals surface area contributed by atoms with Crippen LogP contribution in [0.2, 0.25) is 0 Å². The van der Waals surface area contributed by atoms with E-state index in [0.29, 0.717) is 0 Å². The molecule has 1 aliphatic rings. The summed E-state index contributed by atoms with van der Waals surface area (Å²) in [5.74, 6) is -0.529. The van der Waals surface area contributed by atoms with Crippen LogP contribution in [0, 0.1) is 21.4 Å². The van der Waals surface area contributed by atoms with Crippen molar-refractivity contribution in [3.05, 3.63) is 57.9 Å². The molecular weight excluding hydrogens is 331 g/mol.